The summed E-state index contributed by atoms with van der Waals surface area (Å²) >= 11 is 1.66. The Bertz CT molecular complexity index is 1200. The number of hydrogen-bond donors (Lipinski definition) is 0. The predicted octanol–water partition coefficient (Wildman–Crippen LogP) is 3.54. The minimum absolute atomic E-state index is 0.0383. The van der Waals surface area contributed by atoms with E-state index < -0.39 is 4.92 Å². The molecule has 4 rings (SSSR count). The Morgan fingerprint density at radius 2 is 2.04 bits per heavy atom. The predicted molar refractivity (Wildman–Crippen MR) is 102 cm³/mol. The van der Waals surface area contributed by atoms with Gasteiger partial charge in [-0.25, -0.2) is 14.5 Å². The van der Waals surface area contributed by atoms with Crippen molar-refractivity contribution < 1.29 is 4.92 Å². The Labute approximate surface area is 158 Å². The fourth-order valence-corrected chi connectivity index (χ4v) is 4.67. The SMILES string of the molecule is CCc1c(C)sc2ncn3nc([C@H](C)n4nc(C)c([N+](=O)[O-])c4C)nc3c12. The summed E-state index contributed by atoms with van der Waals surface area (Å²) in [5, 5.41) is 21.2. The first kappa shape index (κ1) is 17.5. The van der Waals surface area contributed by atoms with Gasteiger partial charge in [0.1, 0.15) is 28.6 Å². The van der Waals surface area contributed by atoms with Crippen molar-refractivity contribution in [2.75, 3.05) is 0 Å². The second-order valence-electron chi connectivity index (χ2n) is 6.55. The van der Waals surface area contributed by atoms with Gasteiger partial charge in [0.05, 0.1) is 10.3 Å². The largest absolute Gasteiger partial charge is 0.312 e. The van der Waals surface area contributed by atoms with E-state index in [-0.39, 0.29) is 11.7 Å². The highest BCUT2D eigenvalue weighted by Crippen LogP contribution is 2.33. The van der Waals surface area contributed by atoms with E-state index in [4.69, 9.17) is 4.98 Å². The first-order valence-electron chi connectivity index (χ1n) is 8.66. The van der Waals surface area contributed by atoms with Crippen LogP contribution in [0.25, 0.3) is 15.9 Å². The van der Waals surface area contributed by atoms with Gasteiger partial charge in [-0.05, 0) is 39.7 Å². The highest BCUT2D eigenvalue weighted by atomic mass is 32.1. The highest BCUT2D eigenvalue weighted by Gasteiger charge is 2.27. The van der Waals surface area contributed by atoms with Crippen LogP contribution in [0.2, 0.25) is 0 Å². The molecule has 0 N–H and O–H groups in total. The first-order chi connectivity index (χ1) is 12.8. The van der Waals surface area contributed by atoms with Crippen LogP contribution >= 0.6 is 11.3 Å². The van der Waals surface area contributed by atoms with Gasteiger partial charge in [-0.1, -0.05) is 6.92 Å². The lowest BCUT2D eigenvalue weighted by atomic mass is 10.1. The Morgan fingerprint density at radius 1 is 1.30 bits per heavy atom. The van der Waals surface area contributed by atoms with Crippen molar-refractivity contribution in [2.24, 2.45) is 0 Å². The monoisotopic (exact) mass is 385 g/mol. The van der Waals surface area contributed by atoms with Crippen molar-refractivity contribution in [3.05, 3.63) is 44.1 Å². The van der Waals surface area contributed by atoms with Crippen LogP contribution < -0.4 is 0 Å². The van der Waals surface area contributed by atoms with Gasteiger partial charge in [0, 0.05) is 4.88 Å². The fraction of sp³-hybridized carbons (Fsp3) is 0.412. The van der Waals surface area contributed by atoms with Crippen molar-refractivity contribution in [1.82, 2.24) is 29.4 Å². The van der Waals surface area contributed by atoms with Crippen molar-refractivity contribution in [3.8, 4) is 0 Å². The molecule has 140 valence electrons. The Kier molecular flexibility index (Phi) is 3.95. The third-order valence-electron chi connectivity index (χ3n) is 4.91. The zero-order valence-corrected chi connectivity index (χ0v) is 16.5. The molecule has 0 unspecified atom stereocenters. The van der Waals surface area contributed by atoms with Gasteiger partial charge in [0.2, 0.25) is 0 Å². The minimum Gasteiger partial charge on any atom is -0.258 e. The van der Waals surface area contributed by atoms with Crippen LogP contribution in [-0.2, 0) is 6.42 Å². The molecule has 0 saturated carbocycles. The number of aryl methyl sites for hydroxylation is 3. The molecule has 4 aromatic rings. The van der Waals surface area contributed by atoms with Gasteiger partial charge >= 0.3 is 5.69 Å². The maximum atomic E-state index is 11.3. The van der Waals surface area contributed by atoms with E-state index in [1.807, 2.05) is 6.92 Å². The maximum absolute atomic E-state index is 11.3. The molecule has 4 aromatic heterocycles. The quantitative estimate of drug-likeness (QED) is 0.393. The Balaban J connectivity index is 1.89. The molecule has 0 bridgehead atoms. The van der Waals surface area contributed by atoms with E-state index in [9.17, 15) is 10.1 Å². The van der Waals surface area contributed by atoms with Gasteiger partial charge in [-0.15, -0.1) is 16.4 Å². The van der Waals surface area contributed by atoms with E-state index >= 15 is 0 Å². The molecule has 0 aromatic carbocycles. The average Bonchev–Trinajstić information content (AvgIpc) is 3.26. The highest BCUT2D eigenvalue weighted by molar-refractivity contribution is 7.18. The smallest absolute Gasteiger partial charge is 0.258 e. The van der Waals surface area contributed by atoms with Gasteiger partial charge in [-0.3, -0.25) is 14.8 Å². The summed E-state index contributed by atoms with van der Waals surface area (Å²) in [7, 11) is 0. The number of hydrogen-bond acceptors (Lipinski definition) is 7. The van der Waals surface area contributed by atoms with E-state index in [1.165, 1.54) is 10.4 Å². The minimum atomic E-state index is -0.396. The van der Waals surface area contributed by atoms with E-state index in [0.29, 0.717) is 17.2 Å². The van der Waals surface area contributed by atoms with Gasteiger partial charge in [0.25, 0.3) is 0 Å². The number of rotatable bonds is 4. The molecule has 0 spiro atoms. The third kappa shape index (κ3) is 2.51. The summed E-state index contributed by atoms with van der Waals surface area (Å²) in [6, 6.07) is -0.336. The fourth-order valence-electron chi connectivity index (χ4n) is 3.59. The zero-order chi connectivity index (χ0) is 19.5. The van der Waals surface area contributed by atoms with Crippen molar-refractivity contribution >= 4 is 32.9 Å². The van der Waals surface area contributed by atoms with Crippen LogP contribution in [0.1, 0.15) is 47.5 Å². The molecule has 0 aliphatic carbocycles. The van der Waals surface area contributed by atoms with Crippen LogP contribution in [0.4, 0.5) is 5.69 Å². The molecule has 0 fully saturated rings. The molecular formula is C17H19N7O2S. The van der Waals surface area contributed by atoms with Gasteiger partial charge in [-0.2, -0.15) is 5.10 Å². The summed E-state index contributed by atoms with van der Waals surface area (Å²) in [6.07, 6.45) is 2.56. The Morgan fingerprint density at radius 3 is 2.67 bits per heavy atom. The van der Waals surface area contributed by atoms with Crippen molar-refractivity contribution in [2.45, 2.75) is 47.1 Å². The van der Waals surface area contributed by atoms with Crippen LogP contribution in [0.15, 0.2) is 6.33 Å². The molecule has 0 radical (unpaired) electrons. The van der Waals surface area contributed by atoms with Crippen molar-refractivity contribution in [3.63, 3.8) is 0 Å². The summed E-state index contributed by atoms with van der Waals surface area (Å²) in [4.78, 5) is 22.3. The number of fused-ring (bicyclic) bond motifs is 3. The van der Waals surface area contributed by atoms with Crippen LogP contribution in [0.5, 0.6) is 0 Å². The van der Waals surface area contributed by atoms with E-state index in [1.54, 1.807) is 40.7 Å². The molecule has 10 heteroatoms. The number of thiophene rings is 1. The summed E-state index contributed by atoms with van der Waals surface area (Å²) in [5.74, 6) is 0.552. The molecular weight excluding hydrogens is 366 g/mol. The molecule has 9 nitrogen and oxygen atoms in total. The molecule has 1 atom stereocenters. The number of nitrogens with zero attached hydrogens (tertiary/aromatic N) is 7. The molecule has 0 aliphatic rings. The molecule has 0 amide bonds. The topological polar surface area (TPSA) is 104 Å². The van der Waals surface area contributed by atoms with Gasteiger partial charge in [0.15, 0.2) is 11.5 Å². The van der Waals surface area contributed by atoms with Gasteiger partial charge < -0.3 is 0 Å². The molecule has 4 heterocycles. The lowest BCUT2D eigenvalue weighted by Gasteiger charge is -2.09. The second kappa shape index (κ2) is 6.08. The average molecular weight is 385 g/mol. The second-order valence-corrected chi connectivity index (χ2v) is 7.75. The van der Waals surface area contributed by atoms with Crippen molar-refractivity contribution in [1.29, 1.82) is 0 Å². The molecule has 0 aliphatic heterocycles. The first-order valence-corrected chi connectivity index (χ1v) is 9.48. The number of nitro groups is 1. The van der Waals surface area contributed by atoms with Crippen LogP contribution in [0.3, 0.4) is 0 Å². The molecule has 0 saturated heterocycles. The summed E-state index contributed by atoms with van der Waals surface area (Å²) < 4.78 is 3.30. The van der Waals surface area contributed by atoms with Crippen LogP contribution in [0, 0.1) is 30.9 Å². The number of aromatic nitrogens is 6. The zero-order valence-electron chi connectivity index (χ0n) is 15.7. The summed E-state index contributed by atoms with van der Waals surface area (Å²) in [6.45, 7) is 9.44. The van der Waals surface area contributed by atoms with Crippen LogP contribution in [-0.4, -0.2) is 34.3 Å². The third-order valence-corrected chi connectivity index (χ3v) is 5.96. The Hall–Kier alpha value is -2.88. The molecule has 27 heavy (non-hydrogen) atoms. The summed E-state index contributed by atoms with van der Waals surface area (Å²) in [5.41, 5.74) is 2.92. The lowest BCUT2D eigenvalue weighted by Crippen LogP contribution is -2.12. The van der Waals surface area contributed by atoms with E-state index in [2.05, 4.69) is 29.0 Å². The maximum Gasteiger partial charge on any atom is 0.312 e. The van der Waals surface area contributed by atoms with E-state index in [0.717, 1.165) is 22.3 Å². The normalized spacial score (nSPS) is 12.9. The lowest BCUT2D eigenvalue weighted by molar-refractivity contribution is -0.386. The standard InChI is InChI=1S/C17H19N7O2S/c1-6-12-11(5)27-17-13(12)16-19-15(21-22(16)7-18-17)10(4)23-9(3)14(24(25)26)8(2)20-23/h7,10H,6H2,1-5H3/t10-/m0/s1.